The number of carbonyl (C=O) groups is 2. The molecule has 9 heteroatoms. The lowest BCUT2D eigenvalue weighted by molar-refractivity contribution is -0.384. The fraction of sp³-hybridized carbons (Fsp3) is 0.0952. The Balaban J connectivity index is 1.64. The van der Waals surface area contributed by atoms with Gasteiger partial charge in [-0.05, 0) is 29.5 Å². The number of amides is 2. The zero-order valence-electron chi connectivity index (χ0n) is 15.5. The number of thioether (sulfide) groups is 1. The minimum atomic E-state index is -0.520. The lowest BCUT2D eigenvalue weighted by Gasteiger charge is -2.12. The van der Waals surface area contributed by atoms with Crippen LogP contribution in [0.15, 0.2) is 59.6 Å². The summed E-state index contributed by atoms with van der Waals surface area (Å²) in [5.74, 6) is -0.450. The number of aromatic nitrogens is 1. The summed E-state index contributed by atoms with van der Waals surface area (Å²) in [6, 6.07) is 15.5. The summed E-state index contributed by atoms with van der Waals surface area (Å²) in [6.45, 7) is 0.127. The topological polar surface area (TPSA) is 109 Å². The number of nitriles is 1. The number of imide groups is 1. The van der Waals surface area contributed by atoms with Crippen molar-refractivity contribution in [2.75, 3.05) is 0 Å². The molecule has 0 N–H and O–H groups in total. The van der Waals surface area contributed by atoms with Gasteiger partial charge in [0.25, 0.3) is 16.8 Å². The minimum absolute atomic E-state index is 0.0418. The molecule has 1 fully saturated rings. The summed E-state index contributed by atoms with van der Waals surface area (Å²) >= 11 is 0.828. The summed E-state index contributed by atoms with van der Waals surface area (Å²) in [5, 5.41) is 20.4. The van der Waals surface area contributed by atoms with Crippen molar-refractivity contribution in [1.29, 1.82) is 5.26 Å². The number of rotatable bonds is 5. The molecule has 2 heterocycles. The van der Waals surface area contributed by atoms with Crippen molar-refractivity contribution in [3.63, 3.8) is 0 Å². The summed E-state index contributed by atoms with van der Waals surface area (Å²) in [6.07, 6.45) is 3.43. The van der Waals surface area contributed by atoms with Crippen LogP contribution in [0, 0.1) is 21.4 Å². The van der Waals surface area contributed by atoms with E-state index in [-0.39, 0.29) is 23.7 Å². The fourth-order valence-electron chi connectivity index (χ4n) is 3.33. The highest BCUT2D eigenvalue weighted by atomic mass is 32.2. The van der Waals surface area contributed by atoms with E-state index in [1.807, 2.05) is 24.3 Å². The Hall–Kier alpha value is -3.90. The Morgan fingerprint density at radius 2 is 1.97 bits per heavy atom. The first kappa shape index (κ1) is 19.4. The maximum atomic E-state index is 12.8. The molecule has 1 aliphatic rings. The molecule has 3 aromatic rings. The third-order valence-electron chi connectivity index (χ3n) is 4.68. The Kier molecular flexibility index (Phi) is 5.08. The van der Waals surface area contributed by atoms with Crippen molar-refractivity contribution in [2.24, 2.45) is 0 Å². The van der Waals surface area contributed by atoms with E-state index in [0.717, 1.165) is 33.1 Å². The predicted molar refractivity (Wildman–Crippen MR) is 112 cm³/mol. The van der Waals surface area contributed by atoms with Gasteiger partial charge in [-0.1, -0.05) is 30.3 Å². The number of nitro groups is 1. The molecule has 1 saturated heterocycles. The van der Waals surface area contributed by atoms with Crippen LogP contribution in [0.5, 0.6) is 0 Å². The van der Waals surface area contributed by atoms with Crippen LogP contribution in [0.1, 0.15) is 11.1 Å². The number of fused-ring (bicyclic) bond motifs is 1. The largest absolute Gasteiger partial charge is 0.333 e. The second-order valence-corrected chi connectivity index (χ2v) is 7.58. The SMILES string of the molecule is N#CCn1cc(C=C2SC(=O)N(Cc3cccc([N+](=O)[O-])c3)C2=O)c2ccccc21. The molecule has 0 bridgehead atoms. The van der Waals surface area contributed by atoms with Crippen LogP contribution in [-0.2, 0) is 17.9 Å². The highest BCUT2D eigenvalue weighted by Gasteiger charge is 2.35. The second kappa shape index (κ2) is 7.85. The number of carbonyl (C=O) groups excluding carboxylic acids is 2. The van der Waals surface area contributed by atoms with Gasteiger partial charge in [-0.3, -0.25) is 24.6 Å². The second-order valence-electron chi connectivity index (χ2n) is 6.58. The zero-order chi connectivity index (χ0) is 21.3. The molecule has 0 saturated carbocycles. The molecular weight excluding hydrogens is 404 g/mol. The quantitative estimate of drug-likeness (QED) is 0.347. The van der Waals surface area contributed by atoms with Crippen LogP contribution in [0.3, 0.4) is 0 Å². The van der Waals surface area contributed by atoms with Gasteiger partial charge in [-0.2, -0.15) is 5.26 Å². The molecule has 0 unspecified atom stereocenters. The molecule has 0 atom stereocenters. The van der Waals surface area contributed by atoms with Gasteiger partial charge < -0.3 is 4.57 Å². The maximum Gasteiger partial charge on any atom is 0.293 e. The van der Waals surface area contributed by atoms with E-state index in [1.54, 1.807) is 22.9 Å². The van der Waals surface area contributed by atoms with Crippen molar-refractivity contribution in [3.8, 4) is 6.07 Å². The molecule has 2 amide bonds. The average molecular weight is 418 g/mol. The van der Waals surface area contributed by atoms with Gasteiger partial charge in [-0.15, -0.1) is 0 Å². The lowest BCUT2D eigenvalue weighted by atomic mass is 10.1. The number of nitrogens with zero attached hydrogens (tertiary/aromatic N) is 4. The number of hydrogen-bond donors (Lipinski definition) is 0. The Morgan fingerprint density at radius 1 is 1.17 bits per heavy atom. The Morgan fingerprint density at radius 3 is 2.73 bits per heavy atom. The first-order chi connectivity index (χ1) is 14.5. The van der Waals surface area contributed by atoms with Crippen molar-refractivity contribution in [1.82, 2.24) is 9.47 Å². The molecule has 0 aliphatic carbocycles. The van der Waals surface area contributed by atoms with Gasteiger partial charge in [-0.25, -0.2) is 0 Å². The van der Waals surface area contributed by atoms with Gasteiger partial charge in [0, 0.05) is 34.8 Å². The molecule has 0 radical (unpaired) electrons. The van der Waals surface area contributed by atoms with E-state index in [1.165, 1.54) is 18.2 Å². The van der Waals surface area contributed by atoms with Crippen LogP contribution in [0.25, 0.3) is 17.0 Å². The number of benzene rings is 2. The first-order valence-corrected chi connectivity index (χ1v) is 9.73. The molecule has 1 aromatic heterocycles. The van der Waals surface area contributed by atoms with Crippen LogP contribution < -0.4 is 0 Å². The number of hydrogen-bond acceptors (Lipinski definition) is 6. The predicted octanol–water partition coefficient (Wildman–Crippen LogP) is 4.31. The smallest absolute Gasteiger partial charge is 0.293 e. The van der Waals surface area contributed by atoms with Crippen molar-refractivity contribution in [3.05, 3.63) is 80.9 Å². The molecular formula is C21H14N4O4S. The first-order valence-electron chi connectivity index (χ1n) is 8.91. The van der Waals surface area contributed by atoms with Gasteiger partial charge in [0.2, 0.25) is 0 Å². The van der Waals surface area contributed by atoms with Crippen molar-refractivity contribution >= 4 is 45.6 Å². The summed E-state index contributed by atoms with van der Waals surface area (Å²) in [5.41, 5.74) is 2.00. The summed E-state index contributed by atoms with van der Waals surface area (Å²) in [4.78, 5) is 37.0. The van der Waals surface area contributed by atoms with Gasteiger partial charge in [0.15, 0.2) is 0 Å². The van der Waals surface area contributed by atoms with Gasteiger partial charge in [0.05, 0.1) is 22.4 Å². The highest BCUT2D eigenvalue weighted by Crippen LogP contribution is 2.35. The van der Waals surface area contributed by atoms with Crippen molar-refractivity contribution in [2.45, 2.75) is 13.1 Å². The van der Waals surface area contributed by atoms with E-state index < -0.39 is 16.1 Å². The Bertz CT molecular complexity index is 1270. The Labute approximate surface area is 175 Å². The van der Waals surface area contributed by atoms with E-state index in [0.29, 0.717) is 5.56 Å². The number of nitro benzene ring substituents is 1. The fourth-order valence-corrected chi connectivity index (χ4v) is 4.15. The van der Waals surface area contributed by atoms with E-state index >= 15 is 0 Å². The van der Waals surface area contributed by atoms with Crippen LogP contribution in [0.4, 0.5) is 10.5 Å². The standard InChI is InChI=1S/C21H14N4O4S/c22-8-9-23-13-15(17-6-1-2-7-18(17)23)11-19-20(26)24(21(27)30-19)12-14-4-3-5-16(10-14)25(28)29/h1-7,10-11,13H,9,12H2. The minimum Gasteiger partial charge on any atom is -0.333 e. The molecule has 1 aliphatic heterocycles. The molecule has 0 spiro atoms. The third-order valence-corrected chi connectivity index (χ3v) is 5.59. The normalized spacial score (nSPS) is 15.2. The molecule has 30 heavy (non-hydrogen) atoms. The van der Waals surface area contributed by atoms with Gasteiger partial charge >= 0.3 is 0 Å². The van der Waals surface area contributed by atoms with Crippen LogP contribution in [-0.4, -0.2) is 25.5 Å². The van der Waals surface area contributed by atoms with Crippen molar-refractivity contribution < 1.29 is 14.5 Å². The molecule has 148 valence electrons. The highest BCUT2D eigenvalue weighted by molar-refractivity contribution is 8.18. The molecule has 2 aromatic carbocycles. The van der Waals surface area contributed by atoms with E-state index in [9.17, 15) is 19.7 Å². The molecule has 8 nitrogen and oxygen atoms in total. The molecule has 4 rings (SSSR count). The average Bonchev–Trinajstić information content (AvgIpc) is 3.21. The number of non-ortho nitro benzene ring substituents is 1. The van der Waals surface area contributed by atoms with E-state index in [4.69, 9.17) is 5.26 Å². The summed E-state index contributed by atoms with van der Waals surface area (Å²) in [7, 11) is 0. The lowest BCUT2D eigenvalue weighted by Crippen LogP contribution is -2.27. The maximum absolute atomic E-state index is 12.8. The van der Waals surface area contributed by atoms with Crippen LogP contribution >= 0.6 is 11.8 Å². The van der Waals surface area contributed by atoms with Gasteiger partial charge in [0.1, 0.15) is 6.54 Å². The van der Waals surface area contributed by atoms with E-state index in [2.05, 4.69) is 6.07 Å². The monoisotopic (exact) mass is 418 g/mol. The summed E-state index contributed by atoms with van der Waals surface area (Å²) < 4.78 is 1.79. The zero-order valence-corrected chi connectivity index (χ0v) is 16.3. The van der Waals surface area contributed by atoms with Crippen LogP contribution in [0.2, 0.25) is 0 Å². The number of para-hydroxylation sites is 1. The third kappa shape index (κ3) is 3.56.